The topological polar surface area (TPSA) is 360 Å². The van der Waals surface area contributed by atoms with E-state index < -0.39 is 137 Å². The number of aliphatic hydroxyl groups is 8. The molecule has 2 rings (SSSR count). The van der Waals surface area contributed by atoms with Crippen molar-refractivity contribution in [3.63, 3.8) is 0 Å². The van der Waals surface area contributed by atoms with Gasteiger partial charge >= 0.3 is 17.9 Å². The molecule has 10 atom stereocenters. The predicted octanol–water partition coefficient (Wildman–Crippen LogP) is -9.02. The third kappa shape index (κ3) is 13.2. The van der Waals surface area contributed by atoms with Crippen molar-refractivity contribution in [2.75, 3.05) is 72.1 Å². The van der Waals surface area contributed by atoms with Crippen LogP contribution in [0.25, 0.3) is 0 Å². The number of carboxylic acids is 3. The van der Waals surface area contributed by atoms with Crippen LogP contribution in [0.2, 0.25) is 0 Å². The molecule has 2 saturated heterocycles. The molecule has 0 aliphatic carbocycles. The van der Waals surface area contributed by atoms with Crippen LogP contribution in [-0.2, 0) is 33.4 Å². The fourth-order valence-corrected chi connectivity index (χ4v) is 5.09. The molecule has 0 aromatic heterocycles. The average molecular weight is 716 g/mol. The number of carboxylic acid groups (broad SMARTS) is 3. The number of aliphatic hydroxyl groups excluding tert-OH is 8. The minimum absolute atomic E-state index is 0.176. The molecule has 13 N–H and O–H groups in total. The van der Waals surface area contributed by atoms with Crippen LogP contribution in [-0.4, -0.2) is 234 Å². The van der Waals surface area contributed by atoms with Crippen molar-refractivity contribution < 1.29 is 89.6 Å². The third-order valence-corrected chi connectivity index (χ3v) is 7.67. The van der Waals surface area contributed by atoms with Gasteiger partial charge < -0.3 is 76.3 Å². The smallest absolute Gasteiger partial charge is 0.317 e. The van der Waals surface area contributed by atoms with Crippen LogP contribution in [0.15, 0.2) is 0 Å². The van der Waals surface area contributed by atoms with Gasteiger partial charge in [0.05, 0.1) is 45.9 Å². The maximum absolute atomic E-state index is 12.7. The van der Waals surface area contributed by atoms with Crippen LogP contribution in [0.4, 0.5) is 0 Å². The molecule has 0 aromatic carbocycles. The van der Waals surface area contributed by atoms with Crippen LogP contribution in [0, 0.1) is 0 Å². The number of carbonyl (C=O) groups is 5. The largest absolute Gasteiger partial charge is 0.480 e. The van der Waals surface area contributed by atoms with Crippen LogP contribution in [0.3, 0.4) is 0 Å². The first-order chi connectivity index (χ1) is 23.0. The second-order valence-corrected chi connectivity index (χ2v) is 11.5. The van der Waals surface area contributed by atoms with E-state index >= 15 is 0 Å². The number of amides is 2. The van der Waals surface area contributed by atoms with E-state index in [1.165, 1.54) is 4.90 Å². The van der Waals surface area contributed by atoms with Gasteiger partial charge in [-0.2, -0.15) is 0 Å². The summed E-state index contributed by atoms with van der Waals surface area (Å²) in [5.74, 6) is -5.82. The zero-order valence-corrected chi connectivity index (χ0v) is 26.2. The van der Waals surface area contributed by atoms with Crippen LogP contribution in [0.1, 0.15) is 0 Å². The Kier molecular flexibility index (Phi) is 17.0. The number of aliphatic carboxylic acids is 3. The first-order valence-corrected chi connectivity index (χ1v) is 15.0. The molecule has 2 aliphatic heterocycles. The molecule has 0 radical (unpaired) electrons. The zero-order chi connectivity index (χ0) is 37.0. The number of ether oxygens (including phenoxy) is 2. The first kappa shape index (κ1) is 42.0. The van der Waals surface area contributed by atoms with Gasteiger partial charge in [0.1, 0.15) is 48.8 Å². The molecule has 2 fully saturated rings. The van der Waals surface area contributed by atoms with Gasteiger partial charge in [0, 0.05) is 26.2 Å². The Morgan fingerprint density at radius 3 is 1.08 bits per heavy atom. The summed E-state index contributed by atoms with van der Waals surface area (Å²) in [5, 5.41) is 111. The SMILES string of the molecule is O=C(O)CN(CCN(CC(=O)O)CC(=O)N[C@H]1O[C@H](CO)[C@H](O)[C@@H](O)[C@H]1O)CCN(CC(=O)O)CC(=O)N[C@H]1O[C@H](CO)[C@H](O)[C@@H](O)[C@H]1O. The number of hydrogen-bond acceptors (Lipinski definition) is 18. The summed E-state index contributed by atoms with van der Waals surface area (Å²) in [6.45, 7) is -5.57. The normalized spacial score (nSPS) is 30.3. The van der Waals surface area contributed by atoms with Gasteiger partial charge in [0.25, 0.3) is 0 Å². The number of hydrogen-bond donors (Lipinski definition) is 13. The lowest BCUT2D eigenvalue weighted by atomic mass is 9.98. The van der Waals surface area contributed by atoms with Gasteiger partial charge in [-0.25, -0.2) is 0 Å². The predicted molar refractivity (Wildman–Crippen MR) is 156 cm³/mol. The highest BCUT2D eigenvalue weighted by Gasteiger charge is 2.45. The number of nitrogens with one attached hydrogen (secondary N) is 2. The lowest BCUT2D eigenvalue weighted by molar-refractivity contribution is -0.236. The summed E-state index contributed by atoms with van der Waals surface area (Å²) in [7, 11) is 0. The highest BCUT2D eigenvalue weighted by atomic mass is 16.6. The van der Waals surface area contributed by atoms with Crippen molar-refractivity contribution in [3.05, 3.63) is 0 Å². The molecule has 282 valence electrons. The summed E-state index contributed by atoms with van der Waals surface area (Å²) in [4.78, 5) is 63.3. The van der Waals surface area contributed by atoms with Crippen molar-refractivity contribution in [2.24, 2.45) is 0 Å². The molecule has 0 saturated carbocycles. The highest BCUT2D eigenvalue weighted by molar-refractivity contribution is 5.80. The van der Waals surface area contributed by atoms with Gasteiger partial charge in [-0.15, -0.1) is 0 Å². The standard InChI is InChI=1S/C26H45N5O18/c32-10-12-19(42)21(44)23(46)25(48-12)27-14(34)5-30(8-17(38)39)3-1-29(7-16(36)37)2-4-31(9-18(40)41)6-15(35)28-26-24(47)22(45)20(43)13(11-33)49-26/h12-13,19-26,32-33,42-47H,1-11H2,(H,27,34)(H,28,35)(H,36,37)(H,38,39)(H,40,41)/t12-,13-,19+,20+,21-,22-,23-,24-,25+,26+/m1/s1. The monoisotopic (exact) mass is 715 g/mol. The molecule has 0 aromatic rings. The van der Waals surface area contributed by atoms with E-state index in [4.69, 9.17) is 9.47 Å². The number of carbonyl (C=O) groups excluding carboxylic acids is 2. The quantitative estimate of drug-likeness (QED) is 0.0556. The summed E-state index contributed by atoms with van der Waals surface area (Å²) >= 11 is 0. The van der Waals surface area contributed by atoms with Crippen LogP contribution < -0.4 is 10.6 Å². The third-order valence-electron chi connectivity index (χ3n) is 7.67. The molecule has 2 heterocycles. The Morgan fingerprint density at radius 2 is 0.776 bits per heavy atom. The average Bonchev–Trinajstić information content (AvgIpc) is 3.01. The number of rotatable bonds is 20. The second-order valence-electron chi connectivity index (χ2n) is 11.5. The molecule has 0 bridgehead atoms. The summed E-state index contributed by atoms with van der Waals surface area (Å²) in [6, 6.07) is 0. The molecule has 23 nitrogen and oxygen atoms in total. The lowest BCUT2D eigenvalue weighted by Crippen LogP contribution is -2.63. The van der Waals surface area contributed by atoms with E-state index in [1.807, 2.05) is 0 Å². The Labute approximate surface area is 278 Å². The van der Waals surface area contributed by atoms with E-state index in [0.29, 0.717) is 0 Å². The van der Waals surface area contributed by atoms with E-state index in [9.17, 15) is 80.1 Å². The van der Waals surface area contributed by atoms with Gasteiger partial charge in [-0.05, 0) is 0 Å². The molecule has 2 aliphatic rings. The van der Waals surface area contributed by atoms with Crippen molar-refractivity contribution >= 4 is 29.7 Å². The second kappa shape index (κ2) is 19.9. The Balaban J connectivity index is 2.03. The van der Waals surface area contributed by atoms with Gasteiger partial charge in [-0.1, -0.05) is 0 Å². The number of nitrogens with zero attached hydrogens (tertiary/aromatic N) is 3. The maximum atomic E-state index is 12.7. The molecule has 2 amide bonds. The first-order valence-electron chi connectivity index (χ1n) is 15.0. The van der Waals surface area contributed by atoms with E-state index in [0.717, 1.165) is 9.80 Å². The summed E-state index contributed by atoms with van der Waals surface area (Å²) < 4.78 is 10.4. The minimum Gasteiger partial charge on any atom is -0.480 e. The van der Waals surface area contributed by atoms with Crippen molar-refractivity contribution in [3.8, 4) is 0 Å². The fourth-order valence-electron chi connectivity index (χ4n) is 5.09. The molecule has 49 heavy (non-hydrogen) atoms. The maximum Gasteiger partial charge on any atom is 0.317 e. The van der Waals surface area contributed by atoms with Crippen LogP contribution >= 0.6 is 0 Å². The zero-order valence-electron chi connectivity index (χ0n) is 26.2. The molecular weight excluding hydrogens is 670 g/mol. The molecular formula is C26H45N5O18. The van der Waals surface area contributed by atoms with Crippen molar-refractivity contribution in [1.82, 2.24) is 25.3 Å². The Hall–Kier alpha value is -3.17. The van der Waals surface area contributed by atoms with Gasteiger partial charge in [0.2, 0.25) is 11.8 Å². The van der Waals surface area contributed by atoms with E-state index in [1.54, 1.807) is 0 Å². The Bertz CT molecular complexity index is 1040. The van der Waals surface area contributed by atoms with E-state index in [2.05, 4.69) is 10.6 Å². The van der Waals surface area contributed by atoms with Gasteiger partial charge in [0.15, 0.2) is 12.5 Å². The molecule has 0 spiro atoms. The lowest BCUT2D eigenvalue weighted by Gasteiger charge is -2.40. The highest BCUT2D eigenvalue weighted by Crippen LogP contribution is 2.20. The molecule has 0 unspecified atom stereocenters. The minimum atomic E-state index is -1.80. The van der Waals surface area contributed by atoms with Crippen LogP contribution in [0.5, 0.6) is 0 Å². The van der Waals surface area contributed by atoms with Crippen molar-refractivity contribution in [1.29, 1.82) is 0 Å². The Morgan fingerprint density at radius 1 is 0.469 bits per heavy atom. The summed E-state index contributed by atoms with van der Waals surface area (Å²) in [6.07, 6.45) is -16.3. The summed E-state index contributed by atoms with van der Waals surface area (Å²) in [5.41, 5.74) is 0. The van der Waals surface area contributed by atoms with E-state index in [-0.39, 0.29) is 26.2 Å². The van der Waals surface area contributed by atoms with Gasteiger partial charge in [-0.3, -0.25) is 38.7 Å². The molecule has 23 heteroatoms. The van der Waals surface area contributed by atoms with Crippen molar-refractivity contribution in [2.45, 2.75) is 61.3 Å². The fraction of sp³-hybridized carbons (Fsp3) is 0.808.